The Morgan fingerprint density at radius 1 is 1.00 bits per heavy atom. The number of anilines is 3. The van der Waals surface area contributed by atoms with E-state index in [2.05, 4.69) is 37.7 Å². The highest BCUT2D eigenvalue weighted by Gasteiger charge is 2.12. The summed E-state index contributed by atoms with van der Waals surface area (Å²) in [6.45, 7) is 5.89. The van der Waals surface area contributed by atoms with Crippen molar-refractivity contribution < 1.29 is 10.2 Å². The molecule has 0 atom stereocenters. The van der Waals surface area contributed by atoms with E-state index in [1.165, 1.54) is 23.1 Å². The van der Waals surface area contributed by atoms with Crippen LogP contribution in [0.2, 0.25) is 0 Å². The quantitative estimate of drug-likeness (QED) is 0.736. The molecule has 1 fully saturated rings. The fraction of sp³-hybridized carbons (Fsp3) is 0.263. The minimum atomic E-state index is -0.658. The molecule has 3 aromatic rings. The van der Waals surface area contributed by atoms with Gasteiger partial charge in [0.1, 0.15) is 18.0 Å². The third-order valence-electron chi connectivity index (χ3n) is 4.40. The second-order valence-corrected chi connectivity index (χ2v) is 6.56. The van der Waals surface area contributed by atoms with Crippen molar-refractivity contribution in [1.82, 2.24) is 20.1 Å². The molecule has 0 saturated carbocycles. The van der Waals surface area contributed by atoms with Crippen LogP contribution in [0.1, 0.15) is 6.99 Å². The van der Waals surface area contributed by atoms with Crippen LogP contribution in [0, 0.1) is 18.6 Å². The molecule has 4 rings (SSSR count). The van der Waals surface area contributed by atoms with Gasteiger partial charge in [-0.05, 0) is 42.8 Å². The van der Waals surface area contributed by atoms with E-state index in [4.69, 9.17) is 0 Å². The first-order chi connectivity index (χ1) is 13.1. The maximum atomic E-state index is 13.4. The zero-order valence-corrected chi connectivity index (χ0v) is 14.9. The van der Waals surface area contributed by atoms with Crippen LogP contribution in [0.15, 0.2) is 42.7 Å². The van der Waals surface area contributed by atoms with Crippen LogP contribution in [-0.4, -0.2) is 40.9 Å². The number of nitrogens with zero attached hydrogens (tertiary/aromatic N) is 4. The number of aryl methyl sites for hydroxylation is 1. The molecule has 0 bridgehead atoms. The molecule has 2 aromatic carbocycles. The number of rotatable bonds is 4. The molecule has 1 aliphatic rings. The lowest BCUT2D eigenvalue weighted by molar-refractivity contribution is 0.580. The summed E-state index contributed by atoms with van der Waals surface area (Å²) >= 11 is 0. The van der Waals surface area contributed by atoms with Crippen LogP contribution in [0.5, 0.6) is 0 Å². The number of benzene rings is 2. The first-order valence-corrected chi connectivity index (χ1v) is 8.79. The summed E-state index contributed by atoms with van der Waals surface area (Å²) in [5.41, 5.74) is 3.41. The van der Waals surface area contributed by atoms with Crippen molar-refractivity contribution >= 4 is 17.3 Å². The van der Waals surface area contributed by atoms with Gasteiger partial charge in [0.2, 0.25) is 5.95 Å². The predicted molar refractivity (Wildman–Crippen MR) is 103 cm³/mol. The lowest BCUT2D eigenvalue weighted by Gasteiger charge is -2.30. The van der Waals surface area contributed by atoms with E-state index in [1.807, 2.05) is 13.0 Å². The number of hydrogen-bond acceptors (Lipinski definition) is 5. The Morgan fingerprint density at radius 3 is 2.48 bits per heavy atom. The van der Waals surface area contributed by atoms with E-state index >= 15 is 0 Å². The van der Waals surface area contributed by atoms with Gasteiger partial charge in [-0.1, -0.05) is 0 Å². The zero-order chi connectivity index (χ0) is 18.8. The Bertz CT molecular complexity index is 935. The molecule has 0 unspecified atom stereocenters. The van der Waals surface area contributed by atoms with Gasteiger partial charge in [0.05, 0.1) is 5.69 Å². The molecule has 142 valence electrons. The highest BCUT2D eigenvalue weighted by molar-refractivity contribution is 5.64. The summed E-state index contributed by atoms with van der Waals surface area (Å²) in [6, 6.07) is 9.45. The summed E-state index contributed by atoms with van der Waals surface area (Å²) in [6.07, 6.45) is 1.42. The van der Waals surface area contributed by atoms with Gasteiger partial charge in [-0.2, -0.15) is 4.98 Å². The molecule has 1 saturated heterocycles. The fourth-order valence-corrected chi connectivity index (χ4v) is 3.19. The van der Waals surface area contributed by atoms with E-state index < -0.39 is 11.6 Å². The van der Waals surface area contributed by atoms with Crippen LogP contribution in [-0.2, 0) is 0 Å². The Kier molecular flexibility index (Phi) is 4.72. The normalized spacial score (nSPS) is 14.4. The zero-order valence-electron chi connectivity index (χ0n) is 14.9. The van der Waals surface area contributed by atoms with E-state index in [1.54, 1.807) is 0 Å². The third-order valence-corrected chi connectivity index (χ3v) is 4.40. The van der Waals surface area contributed by atoms with Gasteiger partial charge in [-0.15, -0.1) is 5.10 Å². The molecule has 0 amide bonds. The summed E-state index contributed by atoms with van der Waals surface area (Å²) in [4.78, 5) is 6.52. The average Bonchev–Trinajstić information content (AvgIpc) is 3.10. The summed E-state index contributed by atoms with van der Waals surface area (Å²) in [7, 11) is 0. The molecular formula is C19H22F2N6. The largest absolute Gasteiger partial charge is 0.369 e. The summed E-state index contributed by atoms with van der Waals surface area (Å²) in [5, 5.41) is 10.8. The number of nitrogens with one attached hydrogen (secondary N) is 2. The van der Waals surface area contributed by atoms with Crippen molar-refractivity contribution in [3.8, 4) is 5.69 Å². The van der Waals surface area contributed by atoms with Gasteiger partial charge >= 0.3 is 0 Å². The second kappa shape index (κ2) is 7.32. The minimum absolute atomic E-state index is 0. The first-order valence-electron chi connectivity index (χ1n) is 8.79. The highest BCUT2D eigenvalue weighted by atomic mass is 19.1. The van der Waals surface area contributed by atoms with Gasteiger partial charge in [0.15, 0.2) is 0 Å². The lowest BCUT2D eigenvalue weighted by atomic mass is 10.1. The van der Waals surface area contributed by atoms with Crippen LogP contribution in [0.3, 0.4) is 0 Å². The maximum Gasteiger partial charge on any atom is 0.246 e. The van der Waals surface area contributed by atoms with Gasteiger partial charge in [0.25, 0.3) is 0 Å². The maximum absolute atomic E-state index is 13.4. The topological polar surface area (TPSA) is 58.0 Å². The van der Waals surface area contributed by atoms with E-state index in [9.17, 15) is 8.78 Å². The van der Waals surface area contributed by atoms with Crippen molar-refractivity contribution in [3.63, 3.8) is 0 Å². The Morgan fingerprint density at radius 2 is 1.74 bits per heavy atom. The summed E-state index contributed by atoms with van der Waals surface area (Å²) in [5.74, 6) is -0.958. The van der Waals surface area contributed by atoms with E-state index in [0.717, 1.165) is 49.2 Å². The molecule has 0 radical (unpaired) electrons. The standard InChI is InChI=1S/C19H20F2N6.H2/c1-13-6-16(11-17(7-13)26-4-2-22-3-5-26)24-19-23-12-27(25-19)18-9-14(20)8-15(21)10-18;/h6-12,22H,2-5H2,1H3,(H,24,25);1H. The summed E-state index contributed by atoms with van der Waals surface area (Å²) < 4.78 is 28.1. The number of halogens is 2. The van der Waals surface area contributed by atoms with Gasteiger partial charge in [0, 0.05) is 45.0 Å². The number of hydrogen-bond donors (Lipinski definition) is 2. The van der Waals surface area contributed by atoms with Crippen LogP contribution in [0.25, 0.3) is 5.69 Å². The Hall–Kier alpha value is -3.00. The van der Waals surface area contributed by atoms with Gasteiger partial charge in [-0.25, -0.2) is 13.5 Å². The van der Waals surface area contributed by atoms with Gasteiger partial charge in [-0.3, -0.25) is 0 Å². The minimum Gasteiger partial charge on any atom is -0.369 e. The molecule has 0 aliphatic carbocycles. The van der Waals surface area contributed by atoms with Crippen molar-refractivity contribution in [2.75, 3.05) is 36.4 Å². The monoisotopic (exact) mass is 372 g/mol. The van der Waals surface area contributed by atoms with Crippen LogP contribution in [0.4, 0.5) is 26.1 Å². The third kappa shape index (κ3) is 4.06. The molecule has 8 heteroatoms. The number of piperazine rings is 1. The van der Waals surface area contributed by atoms with Crippen molar-refractivity contribution in [2.45, 2.75) is 6.92 Å². The molecule has 2 N–H and O–H groups in total. The van der Waals surface area contributed by atoms with Gasteiger partial charge < -0.3 is 15.5 Å². The first kappa shape index (κ1) is 17.4. The molecule has 27 heavy (non-hydrogen) atoms. The molecular weight excluding hydrogens is 350 g/mol. The van der Waals surface area contributed by atoms with Crippen LogP contribution >= 0.6 is 0 Å². The second-order valence-electron chi connectivity index (χ2n) is 6.56. The fourth-order valence-electron chi connectivity index (χ4n) is 3.19. The molecule has 1 aliphatic heterocycles. The lowest BCUT2D eigenvalue weighted by Crippen LogP contribution is -2.43. The van der Waals surface area contributed by atoms with Crippen molar-refractivity contribution in [1.29, 1.82) is 0 Å². The van der Waals surface area contributed by atoms with E-state index in [-0.39, 0.29) is 7.11 Å². The predicted octanol–water partition coefficient (Wildman–Crippen LogP) is 3.25. The molecule has 6 nitrogen and oxygen atoms in total. The van der Waals surface area contributed by atoms with Crippen molar-refractivity contribution in [2.24, 2.45) is 0 Å². The Labute approximate surface area is 157 Å². The average molecular weight is 372 g/mol. The molecule has 2 heterocycles. The SMILES string of the molecule is Cc1cc(Nc2ncn(-c3cc(F)cc(F)c3)n2)cc(N2CCNCC2)c1.[HH]. The smallest absolute Gasteiger partial charge is 0.246 e. The van der Waals surface area contributed by atoms with Crippen LogP contribution < -0.4 is 15.5 Å². The molecule has 0 spiro atoms. The Balaban J connectivity index is 0.00000225. The van der Waals surface area contributed by atoms with Crippen molar-refractivity contribution in [3.05, 3.63) is 59.9 Å². The molecule has 1 aromatic heterocycles. The highest BCUT2D eigenvalue weighted by Crippen LogP contribution is 2.24. The van der Waals surface area contributed by atoms with E-state index in [0.29, 0.717) is 5.95 Å². The number of aromatic nitrogens is 3.